The van der Waals surface area contributed by atoms with Crippen LogP contribution in [0.3, 0.4) is 0 Å². The molecule has 2 amide bonds. The first-order valence-electron chi connectivity index (χ1n) is 7.57. The molecule has 1 saturated heterocycles. The number of fused-ring (bicyclic) bond motifs is 1. The number of aryl methyl sites for hydroxylation is 1. The fraction of sp³-hybridized carbons (Fsp3) is 0.235. The number of aromatic amines is 1. The van der Waals surface area contributed by atoms with Gasteiger partial charge in [-0.2, -0.15) is 5.10 Å². The van der Waals surface area contributed by atoms with Gasteiger partial charge < -0.3 is 4.98 Å². The Bertz CT molecular complexity index is 908. The number of piperidine rings is 1. The molecule has 6 heteroatoms. The molecule has 23 heavy (non-hydrogen) atoms. The summed E-state index contributed by atoms with van der Waals surface area (Å²) in [5.41, 5.74) is 3.92. The summed E-state index contributed by atoms with van der Waals surface area (Å²) >= 11 is 0. The lowest BCUT2D eigenvalue weighted by atomic mass is 9.92. The summed E-state index contributed by atoms with van der Waals surface area (Å²) in [6.07, 6.45) is 4.70. The summed E-state index contributed by atoms with van der Waals surface area (Å²) in [7, 11) is 1.87. The van der Waals surface area contributed by atoms with E-state index in [-0.39, 0.29) is 17.7 Å². The average Bonchev–Trinajstić information content (AvgIpc) is 3.16. The molecule has 0 saturated carbocycles. The normalized spacial score (nSPS) is 18.4. The lowest BCUT2D eigenvalue weighted by Gasteiger charge is -2.19. The van der Waals surface area contributed by atoms with E-state index in [9.17, 15) is 9.59 Å². The van der Waals surface area contributed by atoms with Gasteiger partial charge in [0.15, 0.2) is 0 Å². The molecule has 1 atom stereocenters. The summed E-state index contributed by atoms with van der Waals surface area (Å²) in [6.45, 7) is 0. The van der Waals surface area contributed by atoms with Crippen LogP contribution >= 0.6 is 0 Å². The van der Waals surface area contributed by atoms with E-state index >= 15 is 0 Å². The molecule has 116 valence electrons. The molecule has 4 rings (SSSR count). The lowest BCUT2D eigenvalue weighted by molar-refractivity contribution is -0.134. The fourth-order valence-electron chi connectivity index (χ4n) is 3.18. The number of carbonyl (C=O) groups excluding carboxylic acids is 2. The number of nitrogens with zero attached hydrogens (tertiary/aromatic N) is 2. The first kappa shape index (κ1) is 13.8. The van der Waals surface area contributed by atoms with Crippen molar-refractivity contribution < 1.29 is 9.59 Å². The molecule has 1 aliphatic heterocycles. The molecule has 0 radical (unpaired) electrons. The van der Waals surface area contributed by atoms with Crippen LogP contribution in [0.1, 0.15) is 24.5 Å². The molecule has 1 fully saturated rings. The van der Waals surface area contributed by atoms with Gasteiger partial charge in [-0.15, -0.1) is 0 Å². The molecule has 0 aliphatic carbocycles. The Morgan fingerprint density at radius 3 is 2.83 bits per heavy atom. The van der Waals surface area contributed by atoms with Crippen molar-refractivity contribution in [2.24, 2.45) is 7.05 Å². The third-order valence-corrected chi connectivity index (χ3v) is 4.38. The predicted octanol–water partition coefficient (Wildman–Crippen LogP) is 2.09. The molecular formula is C17H16N4O2. The topological polar surface area (TPSA) is 79.8 Å². The van der Waals surface area contributed by atoms with Crippen molar-refractivity contribution in [1.82, 2.24) is 20.1 Å². The number of benzene rings is 1. The summed E-state index contributed by atoms with van der Waals surface area (Å²) in [5.74, 6) is -0.827. The zero-order valence-corrected chi connectivity index (χ0v) is 12.7. The lowest BCUT2D eigenvalue weighted by Crippen LogP contribution is -2.39. The maximum Gasteiger partial charge on any atom is 0.235 e. The van der Waals surface area contributed by atoms with Crippen LogP contribution < -0.4 is 5.32 Å². The molecule has 0 spiro atoms. The maximum absolute atomic E-state index is 12.1. The number of nitrogens with one attached hydrogen (secondary N) is 2. The highest BCUT2D eigenvalue weighted by atomic mass is 16.2. The molecule has 0 unspecified atom stereocenters. The van der Waals surface area contributed by atoms with E-state index < -0.39 is 0 Å². The highest BCUT2D eigenvalue weighted by Gasteiger charge is 2.31. The second-order valence-electron chi connectivity index (χ2n) is 5.84. The molecular weight excluding hydrogens is 292 g/mol. The van der Waals surface area contributed by atoms with E-state index in [1.165, 1.54) is 0 Å². The summed E-state index contributed by atoms with van der Waals surface area (Å²) in [4.78, 5) is 26.5. The summed E-state index contributed by atoms with van der Waals surface area (Å²) in [5, 5.41) is 7.91. The zero-order chi connectivity index (χ0) is 16.0. The van der Waals surface area contributed by atoms with Gasteiger partial charge in [0.1, 0.15) is 0 Å². The first-order valence-corrected chi connectivity index (χ1v) is 7.57. The van der Waals surface area contributed by atoms with Gasteiger partial charge in [0.2, 0.25) is 11.8 Å². The molecule has 1 aromatic carbocycles. The second-order valence-corrected chi connectivity index (χ2v) is 5.84. The van der Waals surface area contributed by atoms with Crippen molar-refractivity contribution >= 4 is 22.7 Å². The number of hydrogen-bond acceptors (Lipinski definition) is 3. The average molecular weight is 308 g/mol. The van der Waals surface area contributed by atoms with E-state index in [4.69, 9.17) is 0 Å². The minimum Gasteiger partial charge on any atom is -0.367 e. The van der Waals surface area contributed by atoms with Gasteiger partial charge in [0, 0.05) is 31.2 Å². The van der Waals surface area contributed by atoms with Crippen molar-refractivity contribution in [3.63, 3.8) is 0 Å². The Balaban J connectivity index is 1.80. The number of hydrogen-bond donors (Lipinski definition) is 2. The second kappa shape index (κ2) is 5.08. The van der Waals surface area contributed by atoms with Crippen molar-refractivity contribution in [1.29, 1.82) is 0 Å². The minimum absolute atomic E-state index is 0.207. The largest absolute Gasteiger partial charge is 0.367 e. The van der Waals surface area contributed by atoms with Crippen LogP contribution in [0.5, 0.6) is 0 Å². The third-order valence-electron chi connectivity index (χ3n) is 4.38. The van der Waals surface area contributed by atoms with Crippen LogP contribution in [0.2, 0.25) is 0 Å². The first-order chi connectivity index (χ1) is 11.1. The Kier molecular flexibility index (Phi) is 3.04. The van der Waals surface area contributed by atoms with Crippen molar-refractivity contribution in [2.75, 3.05) is 0 Å². The molecule has 6 nitrogen and oxygen atoms in total. The Hall–Kier alpha value is -2.89. The summed E-state index contributed by atoms with van der Waals surface area (Å²) < 4.78 is 1.80. The Morgan fingerprint density at radius 2 is 2.09 bits per heavy atom. The van der Waals surface area contributed by atoms with Crippen molar-refractivity contribution in [3.8, 4) is 11.1 Å². The number of rotatable bonds is 2. The molecule has 2 N–H and O–H groups in total. The smallest absolute Gasteiger partial charge is 0.235 e. The number of amides is 2. The van der Waals surface area contributed by atoms with E-state index in [2.05, 4.69) is 21.5 Å². The van der Waals surface area contributed by atoms with Crippen molar-refractivity contribution in [3.05, 3.63) is 42.4 Å². The fourth-order valence-corrected chi connectivity index (χ4v) is 3.18. The number of aromatic nitrogens is 3. The van der Waals surface area contributed by atoms with Crippen LogP contribution in [-0.4, -0.2) is 26.6 Å². The van der Waals surface area contributed by atoms with Crippen molar-refractivity contribution in [2.45, 2.75) is 18.8 Å². The van der Waals surface area contributed by atoms with Gasteiger partial charge in [-0.25, -0.2) is 0 Å². The van der Waals surface area contributed by atoms with Gasteiger partial charge >= 0.3 is 0 Å². The van der Waals surface area contributed by atoms with E-state index in [1.54, 1.807) is 4.68 Å². The standard InChI is InChI=1S/C17H16N4O2/c1-21-14-8-10(11-6-7-18-9-11)2-3-12(14)16(20-21)13-4-5-15(22)19-17(13)23/h2-3,6-9,13,18H,4-5H2,1H3,(H,19,22,23)/t13-/m0/s1. The maximum atomic E-state index is 12.1. The predicted molar refractivity (Wildman–Crippen MR) is 85.6 cm³/mol. The minimum atomic E-state index is -0.366. The van der Waals surface area contributed by atoms with Crippen LogP contribution in [0.15, 0.2) is 36.7 Å². The molecule has 1 aliphatic rings. The molecule has 0 bridgehead atoms. The van der Waals surface area contributed by atoms with Gasteiger partial charge in [-0.3, -0.25) is 19.6 Å². The van der Waals surface area contributed by atoms with Crippen LogP contribution in [0.4, 0.5) is 0 Å². The van der Waals surface area contributed by atoms with E-state index in [1.807, 2.05) is 37.6 Å². The highest BCUT2D eigenvalue weighted by Crippen LogP contribution is 2.32. The number of carbonyl (C=O) groups is 2. The Labute approximate surface area is 132 Å². The van der Waals surface area contributed by atoms with E-state index in [0.717, 1.165) is 27.7 Å². The van der Waals surface area contributed by atoms with Gasteiger partial charge in [0.05, 0.1) is 17.1 Å². The highest BCUT2D eigenvalue weighted by molar-refractivity contribution is 6.02. The van der Waals surface area contributed by atoms with Gasteiger partial charge in [-0.1, -0.05) is 12.1 Å². The van der Waals surface area contributed by atoms with Crippen LogP contribution in [-0.2, 0) is 16.6 Å². The van der Waals surface area contributed by atoms with Crippen LogP contribution in [0.25, 0.3) is 22.0 Å². The monoisotopic (exact) mass is 308 g/mol. The molecule has 2 aromatic heterocycles. The number of imide groups is 1. The third kappa shape index (κ3) is 2.23. The molecule has 3 heterocycles. The van der Waals surface area contributed by atoms with E-state index in [0.29, 0.717) is 12.8 Å². The molecule has 3 aromatic rings. The Morgan fingerprint density at radius 1 is 1.22 bits per heavy atom. The van der Waals surface area contributed by atoms with Crippen LogP contribution in [0, 0.1) is 0 Å². The zero-order valence-electron chi connectivity index (χ0n) is 12.7. The number of H-pyrrole nitrogens is 1. The van der Waals surface area contributed by atoms with Gasteiger partial charge in [0.25, 0.3) is 0 Å². The van der Waals surface area contributed by atoms with Gasteiger partial charge in [-0.05, 0) is 29.7 Å². The SMILES string of the molecule is Cn1nc([C@@H]2CCC(=O)NC2=O)c2ccc(-c3cc[nH]c3)cc21. The summed E-state index contributed by atoms with van der Waals surface area (Å²) in [6, 6.07) is 8.12. The quantitative estimate of drug-likeness (QED) is 0.711.